The molecule has 0 unspecified atom stereocenters. The number of phosphoric ester groups is 1. The number of carbonyl (C=O) groups excluding carboxylic acids is 1. The minimum absolute atomic E-state index is 0.0623. The van der Waals surface area contributed by atoms with Gasteiger partial charge in [0.25, 0.3) is 0 Å². The van der Waals surface area contributed by atoms with Gasteiger partial charge in [-0.2, -0.15) is 0 Å². The average molecular weight is 436 g/mol. The molecular formula is C22H46NO5P. The molecular weight excluding hydrogens is 389 g/mol. The molecule has 0 aliphatic carbocycles. The number of hydrogen-bond acceptors (Lipinski definition) is 3. The number of unbranched alkanes of at least 4 members (excludes halogenated alkanes) is 12. The van der Waals surface area contributed by atoms with Crippen molar-refractivity contribution in [2.24, 2.45) is 5.92 Å². The number of rotatable bonds is 20. The van der Waals surface area contributed by atoms with Gasteiger partial charge in [-0.1, -0.05) is 104 Å². The predicted molar refractivity (Wildman–Crippen MR) is 120 cm³/mol. The summed E-state index contributed by atoms with van der Waals surface area (Å²) in [6, 6.07) is -0.373. The molecule has 0 fully saturated rings. The van der Waals surface area contributed by atoms with Crippen LogP contribution in [-0.2, 0) is 13.9 Å². The van der Waals surface area contributed by atoms with Crippen molar-refractivity contribution in [1.82, 2.24) is 5.32 Å². The van der Waals surface area contributed by atoms with Gasteiger partial charge in [-0.25, -0.2) is 4.57 Å². The molecule has 0 aliphatic rings. The molecule has 174 valence electrons. The number of amides is 1. The van der Waals surface area contributed by atoms with E-state index in [4.69, 9.17) is 9.79 Å². The largest absolute Gasteiger partial charge is 0.469 e. The summed E-state index contributed by atoms with van der Waals surface area (Å²) in [5.41, 5.74) is 0. The van der Waals surface area contributed by atoms with Gasteiger partial charge in [0.15, 0.2) is 0 Å². The summed E-state index contributed by atoms with van der Waals surface area (Å²) < 4.78 is 15.5. The van der Waals surface area contributed by atoms with E-state index in [-0.39, 0.29) is 24.5 Å². The number of nitrogens with one attached hydrogen (secondary N) is 1. The first-order chi connectivity index (χ1) is 13.8. The Balaban J connectivity index is 3.69. The maximum Gasteiger partial charge on any atom is 0.469 e. The molecule has 0 bridgehead atoms. The van der Waals surface area contributed by atoms with Crippen LogP contribution in [0, 0.1) is 5.92 Å². The summed E-state index contributed by atoms with van der Waals surface area (Å²) in [6.07, 6.45) is 17.7. The van der Waals surface area contributed by atoms with E-state index < -0.39 is 7.82 Å². The smallest absolute Gasteiger partial charge is 0.351 e. The molecule has 0 saturated heterocycles. The standard InChI is InChI=1S/C22H46NO5P/c1-4-6-7-8-9-10-11-12-13-14-15-16-17-18-22(24)23-21(20(3)5-2)19-28-29(25,26)27/h20-21H,4-19H2,1-3H3,(H,23,24)(H2,25,26,27)/t20-,21+/m0/s1. The number of hydrogen-bond donors (Lipinski definition) is 3. The second kappa shape index (κ2) is 18.4. The number of phosphoric acid groups is 1. The van der Waals surface area contributed by atoms with Crippen molar-refractivity contribution in [3.63, 3.8) is 0 Å². The third kappa shape index (κ3) is 19.3. The lowest BCUT2D eigenvalue weighted by molar-refractivity contribution is -0.122. The molecule has 2 atom stereocenters. The van der Waals surface area contributed by atoms with Crippen LogP contribution in [0.15, 0.2) is 0 Å². The van der Waals surface area contributed by atoms with E-state index in [1.54, 1.807) is 0 Å². The van der Waals surface area contributed by atoms with Crippen LogP contribution in [0.25, 0.3) is 0 Å². The summed E-state index contributed by atoms with van der Waals surface area (Å²) in [7, 11) is -4.52. The minimum Gasteiger partial charge on any atom is -0.351 e. The molecule has 7 heteroatoms. The Morgan fingerprint density at radius 2 is 1.31 bits per heavy atom. The molecule has 0 spiro atoms. The SMILES string of the molecule is CCCCCCCCCCCCCCCC(=O)N[C@H](COP(=O)(O)O)[C@@H](C)CC. The zero-order valence-corrected chi connectivity index (χ0v) is 19.9. The first-order valence-electron chi connectivity index (χ1n) is 11.8. The van der Waals surface area contributed by atoms with Gasteiger partial charge in [0.1, 0.15) is 0 Å². The molecule has 29 heavy (non-hydrogen) atoms. The lowest BCUT2D eigenvalue weighted by Crippen LogP contribution is -2.42. The van der Waals surface area contributed by atoms with Crippen LogP contribution in [0.4, 0.5) is 0 Å². The molecule has 0 aromatic heterocycles. The molecule has 3 N–H and O–H groups in total. The van der Waals surface area contributed by atoms with E-state index in [1.165, 1.54) is 70.6 Å². The van der Waals surface area contributed by atoms with Gasteiger partial charge in [0.05, 0.1) is 12.6 Å². The van der Waals surface area contributed by atoms with E-state index in [1.807, 2.05) is 13.8 Å². The predicted octanol–water partition coefficient (Wildman–Crippen LogP) is 6.11. The zero-order valence-electron chi connectivity index (χ0n) is 19.0. The van der Waals surface area contributed by atoms with Gasteiger partial charge >= 0.3 is 7.82 Å². The van der Waals surface area contributed by atoms with Crippen LogP contribution in [-0.4, -0.2) is 28.3 Å². The van der Waals surface area contributed by atoms with Gasteiger partial charge in [-0.05, 0) is 12.3 Å². The fraction of sp³-hybridized carbons (Fsp3) is 0.955. The van der Waals surface area contributed by atoms with Gasteiger partial charge < -0.3 is 15.1 Å². The van der Waals surface area contributed by atoms with Crippen LogP contribution < -0.4 is 5.32 Å². The fourth-order valence-corrected chi connectivity index (χ4v) is 3.75. The second-order valence-corrected chi connectivity index (χ2v) is 9.58. The first kappa shape index (κ1) is 28.6. The maximum atomic E-state index is 12.1. The normalized spacial score (nSPS) is 14.0. The highest BCUT2D eigenvalue weighted by Crippen LogP contribution is 2.36. The van der Waals surface area contributed by atoms with Crippen LogP contribution in [0.1, 0.15) is 117 Å². The summed E-state index contributed by atoms with van der Waals surface area (Å²) in [5.74, 6) is 0.0322. The molecule has 0 aromatic carbocycles. The lowest BCUT2D eigenvalue weighted by Gasteiger charge is -2.24. The van der Waals surface area contributed by atoms with Gasteiger partial charge in [-0.15, -0.1) is 0 Å². The van der Waals surface area contributed by atoms with Crippen molar-refractivity contribution in [3.05, 3.63) is 0 Å². The van der Waals surface area contributed by atoms with Crippen LogP contribution >= 0.6 is 7.82 Å². The summed E-state index contributed by atoms with van der Waals surface area (Å²) in [6.45, 7) is 6.01. The second-order valence-electron chi connectivity index (χ2n) is 8.34. The van der Waals surface area contributed by atoms with Crippen molar-refractivity contribution < 1.29 is 23.7 Å². The Bertz CT molecular complexity index is 441. The Hall–Kier alpha value is -0.420. The fourth-order valence-electron chi connectivity index (χ4n) is 3.39. The molecule has 1 amide bonds. The molecule has 6 nitrogen and oxygen atoms in total. The van der Waals surface area contributed by atoms with Gasteiger partial charge in [0.2, 0.25) is 5.91 Å². The summed E-state index contributed by atoms with van der Waals surface area (Å²) >= 11 is 0. The van der Waals surface area contributed by atoms with Crippen molar-refractivity contribution in [1.29, 1.82) is 0 Å². The van der Waals surface area contributed by atoms with Crippen LogP contribution in [0.5, 0.6) is 0 Å². The van der Waals surface area contributed by atoms with Gasteiger partial charge in [-0.3, -0.25) is 9.32 Å². The van der Waals surface area contributed by atoms with E-state index in [0.29, 0.717) is 6.42 Å². The molecule has 0 heterocycles. The Morgan fingerprint density at radius 3 is 1.72 bits per heavy atom. The highest BCUT2D eigenvalue weighted by molar-refractivity contribution is 7.46. The first-order valence-corrected chi connectivity index (χ1v) is 13.3. The van der Waals surface area contributed by atoms with Crippen molar-refractivity contribution in [3.8, 4) is 0 Å². The van der Waals surface area contributed by atoms with E-state index in [0.717, 1.165) is 19.3 Å². The Morgan fingerprint density at radius 1 is 0.862 bits per heavy atom. The summed E-state index contributed by atoms with van der Waals surface area (Å²) in [5, 5.41) is 2.88. The van der Waals surface area contributed by atoms with E-state index in [2.05, 4.69) is 16.8 Å². The molecule has 0 aromatic rings. The third-order valence-corrected chi connectivity index (χ3v) is 6.09. The molecule has 0 aliphatic heterocycles. The lowest BCUT2D eigenvalue weighted by atomic mass is 9.99. The van der Waals surface area contributed by atoms with Crippen LogP contribution in [0.3, 0.4) is 0 Å². The van der Waals surface area contributed by atoms with Crippen molar-refractivity contribution in [2.45, 2.75) is 123 Å². The Labute approximate surface area is 178 Å². The summed E-state index contributed by atoms with van der Waals surface area (Å²) in [4.78, 5) is 29.9. The van der Waals surface area contributed by atoms with Crippen molar-refractivity contribution >= 4 is 13.7 Å². The highest BCUT2D eigenvalue weighted by Gasteiger charge is 2.23. The topological polar surface area (TPSA) is 95.9 Å². The van der Waals surface area contributed by atoms with Crippen LogP contribution in [0.2, 0.25) is 0 Å². The van der Waals surface area contributed by atoms with E-state index >= 15 is 0 Å². The van der Waals surface area contributed by atoms with Crippen molar-refractivity contribution in [2.75, 3.05) is 6.61 Å². The maximum absolute atomic E-state index is 12.1. The zero-order chi connectivity index (χ0) is 22.0. The molecule has 0 radical (unpaired) electrons. The molecule has 0 saturated carbocycles. The third-order valence-electron chi connectivity index (χ3n) is 5.61. The number of carbonyl (C=O) groups is 1. The minimum atomic E-state index is -4.52. The Kier molecular flexibility index (Phi) is 18.1. The van der Waals surface area contributed by atoms with Gasteiger partial charge in [0, 0.05) is 6.42 Å². The van der Waals surface area contributed by atoms with E-state index in [9.17, 15) is 9.36 Å². The molecule has 0 rings (SSSR count). The average Bonchev–Trinajstić information content (AvgIpc) is 2.67. The monoisotopic (exact) mass is 435 g/mol. The quantitative estimate of drug-likeness (QED) is 0.158. The highest BCUT2D eigenvalue weighted by atomic mass is 31.2.